The number of carbonyl (C=O) groups excluding carboxylic acids is 2. The Morgan fingerprint density at radius 3 is 2.21 bits per heavy atom. The van der Waals surface area contributed by atoms with Crippen LogP contribution in [0, 0.1) is 5.92 Å². The van der Waals surface area contributed by atoms with Gasteiger partial charge in [0.05, 0.1) is 29.3 Å². The average molecular weight is 451 g/mol. The Balaban J connectivity index is 1.48. The number of carbonyl (C=O) groups is 2. The molecule has 2 aromatic carbocycles. The summed E-state index contributed by atoms with van der Waals surface area (Å²) >= 11 is 0. The van der Waals surface area contributed by atoms with Gasteiger partial charge in [0.15, 0.2) is 6.10 Å². The summed E-state index contributed by atoms with van der Waals surface area (Å²) in [6.07, 6.45) is 2.36. The van der Waals surface area contributed by atoms with Gasteiger partial charge in [-0.15, -0.1) is 6.58 Å². The Morgan fingerprint density at radius 2 is 1.64 bits per heavy atom. The van der Waals surface area contributed by atoms with E-state index in [9.17, 15) is 9.59 Å². The van der Waals surface area contributed by atoms with Gasteiger partial charge in [-0.05, 0) is 57.4 Å². The SMILES string of the molecule is C=CCC[C@@H](C)OC12OC(C)[C@H](OC(=O)c3ccccc3)CC1[C@@H]2OC(=O)c1ccccc1. The minimum Gasteiger partial charge on any atom is -0.456 e. The molecule has 0 radical (unpaired) electrons. The minimum atomic E-state index is -1.03. The van der Waals surface area contributed by atoms with Gasteiger partial charge in [-0.2, -0.15) is 0 Å². The van der Waals surface area contributed by atoms with Crippen molar-refractivity contribution in [3.8, 4) is 0 Å². The van der Waals surface area contributed by atoms with Crippen LogP contribution < -0.4 is 0 Å². The summed E-state index contributed by atoms with van der Waals surface area (Å²) in [4.78, 5) is 25.3. The van der Waals surface area contributed by atoms with Crippen molar-refractivity contribution in [1.29, 1.82) is 0 Å². The lowest BCUT2D eigenvalue weighted by molar-refractivity contribution is -0.262. The quantitative estimate of drug-likeness (QED) is 0.398. The first kappa shape index (κ1) is 23.2. The van der Waals surface area contributed by atoms with Crippen LogP contribution in [0.5, 0.6) is 0 Å². The van der Waals surface area contributed by atoms with Crippen molar-refractivity contribution < 1.29 is 28.5 Å². The molecular formula is C27H30O6. The summed E-state index contributed by atoms with van der Waals surface area (Å²) in [5.41, 5.74) is 0.954. The Labute approximate surface area is 194 Å². The van der Waals surface area contributed by atoms with Gasteiger partial charge < -0.3 is 18.9 Å². The molecule has 6 atom stereocenters. The van der Waals surface area contributed by atoms with E-state index in [-0.39, 0.29) is 12.0 Å². The van der Waals surface area contributed by atoms with Crippen LogP contribution in [0.3, 0.4) is 0 Å². The van der Waals surface area contributed by atoms with Gasteiger partial charge in [0.1, 0.15) is 6.10 Å². The van der Waals surface area contributed by atoms with Crippen molar-refractivity contribution in [3.63, 3.8) is 0 Å². The van der Waals surface area contributed by atoms with E-state index in [0.29, 0.717) is 17.5 Å². The smallest absolute Gasteiger partial charge is 0.338 e. The normalized spacial score (nSPS) is 28.8. The van der Waals surface area contributed by atoms with Crippen molar-refractivity contribution >= 4 is 11.9 Å². The zero-order chi connectivity index (χ0) is 23.4. The van der Waals surface area contributed by atoms with Crippen LogP contribution in [0.25, 0.3) is 0 Å². The maximum Gasteiger partial charge on any atom is 0.338 e. The molecule has 1 aliphatic carbocycles. The Morgan fingerprint density at radius 1 is 1.06 bits per heavy atom. The van der Waals surface area contributed by atoms with E-state index in [0.717, 1.165) is 12.8 Å². The van der Waals surface area contributed by atoms with Crippen LogP contribution in [0.2, 0.25) is 0 Å². The van der Waals surface area contributed by atoms with Crippen LogP contribution in [-0.2, 0) is 18.9 Å². The molecule has 4 rings (SSSR count). The molecule has 0 amide bonds. The minimum absolute atomic E-state index is 0.110. The van der Waals surface area contributed by atoms with E-state index in [1.54, 1.807) is 48.5 Å². The fourth-order valence-electron chi connectivity index (χ4n) is 4.38. The van der Waals surface area contributed by atoms with E-state index < -0.39 is 36.0 Å². The molecule has 0 bridgehead atoms. The number of esters is 2. The van der Waals surface area contributed by atoms with Gasteiger partial charge in [0, 0.05) is 0 Å². The predicted molar refractivity (Wildman–Crippen MR) is 123 cm³/mol. The third kappa shape index (κ3) is 5.02. The largest absolute Gasteiger partial charge is 0.456 e. The number of benzene rings is 2. The van der Waals surface area contributed by atoms with Crippen molar-refractivity contribution in [1.82, 2.24) is 0 Å². The van der Waals surface area contributed by atoms with Gasteiger partial charge >= 0.3 is 11.9 Å². The molecule has 0 spiro atoms. The van der Waals surface area contributed by atoms with Crippen molar-refractivity contribution in [2.45, 2.75) is 63.3 Å². The monoisotopic (exact) mass is 450 g/mol. The maximum atomic E-state index is 12.7. The Hall–Kier alpha value is -2.96. The second-order valence-electron chi connectivity index (χ2n) is 8.68. The number of hydrogen-bond acceptors (Lipinski definition) is 6. The predicted octanol–water partition coefficient (Wildman–Crippen LogP) is 4.94. The number of hydrogen-bond donors (Lipinski definition) is 0. The van der Waals surface area contributed by atoms with Gasteiger partial charge in [-0.3, -0.25) is 0 Å². The third-order valence-corrected chi connectivity index (χ3v) is 6.22. The van der Waals surface area contributed by atoms with E-state index in [2.05, 4.69) is 6.58 Å². The summed E-state index contributed by atoms with van der Waals surface area (Å²) in [6.45, 7) is 7.59. The molecule has 6 nitrogen and oxygen atoms in total. The van der Waals surface area contributed by atoms with Crippen LogP contribution in [-0.4, -0.2) is 42.1 Å². The molecule has 1 heterocycles. The first-order valence-electron chi connectivity index (χ1n) is 11.4. The molecule has 1 aliphatic heterocycles. The maximum absolute atomic E-state index is 12.7. The second kappa shape index (κ2) is 9.89. The second-order valence-corrected chi connectivity index (χ2v) is 8.68. The molecule has 174 valence electrons. The van der Waals surface area contributed by atoms with E-state index in [1.807, 2.05) is 32.1 Å². The summed E-state index contributed by atoms with van der Waals surface area (Å²) in [5, 5.41) is 0. The standard InChI is InChI=1S/C27H30O6/c1-4-5-12-18(2)32-27-22(24(27)31-26(29)21-15-10-7-11-16-21)17-23(19(3)33-27)30-25(28)20-13-8-6-9-14-20/h4,6-11,13-16,18-19,22-24H,1,5,12,17H2,2-3H3/t18-,19?,22?,23-,24+,27?/m1/s1. The molecule has 33 heavy (non-hydrogen) atoms. The summed E-state index contributed by atoms with van der Waals surface area (Å²) in [5.74, 6) is -2.07. The first-order chi connectivity index (χ1) is 15.9. The van der Waals surface area contributed by atoms with Gasteiger partial charge in [0.25, 0.3) is 0 Å². The third-order valence-electron chi connectivity index (χ3n) is 6.22. The van der Waals surface area contributed by atoms with Gasteiger partial charge in [0.2, 0.25) is 5.79 Å². The van der Waals surface area contributed by atoms with Crippen molar-refractivity contribution in [2.75, 3.05) is 0 Å². The molecule has 2 fully saturated rings. The fraction of sp³-hybridized carbons (Fsp3) is 0.407. The highest BCUT2D eigenvalue weighted by molar-refractivity contribution is 5.90. The highest BCUT2D eigenvalue weighted by Gasteiger charge is 2.75. The van der Waals surface area contributed by atoms with Crippen molar-refractivity contribution in [2.24, 2.45) is 5.92 Å². The highest BCUT2D eigenvalue weighted by atomic mass is 16.8. The molecule has 0 aromatic heterocycles. The summed E-state index contributed by atoms with van der Waals surface area (Å²) in [7, 11) is 0. The summed E-state index contributed by atoms with van der Waals surface area (Å²) in [6, 6.07) is 17.7. The molecule has 0 N–H and O–H groups in total. The van der Waals surface area contributed by atoms with Crippen LogP contribution in [0.1, 0.15) is 53.8 Å². The Bertz CT molecular complexity index is 975. The van der Waals surface area contributed by atoms with Gasteiger partial charge in [-0.25, -0.2) is 9.59 Å². The zero-order valence-electron chi connectivity index (χ0n) is 19.0. The molecule has 2 aliphatic rings. The molecule has 1 saturated heterocycles. The number of fused-ring (bicyclic) bond motifs is 1. The molecular weight excluding hydrogens is 420 g/mol. The summed E-state index contributed by atoms with van der Waals surface area (Å²) < 4.78 is 24.2. The fourth-order valence-corrected chi connectivity index (χ4v) is 4.38. The van der Waals surface area contributed by atoms with Crippen LogP contribution in [0.4, 0.5) is 0 Å². The van der Waals surface area contributed by atoms with Gasteiger partial charge in [-0.1, -0.05) is 42.5 Å². The highest BCUT2D eigenvalue weighted by Crippen LogP contribution is 2.58. The molecule has 2 aromatic rings. The average Bonchev–Trinajstić information content (AvgIpc) is 3.42. The van der Waals surface area contributed by atoms with E-state index in [4.69, 9.17) is 18.9 Å². The molecule has 1 saturated carbocycles. The lowest BCUT2D eigenvalue weighted by Gasteiger charge is -2.34. The van der Waals surface area contributed by atoms with E-state index >= 15 is 0 Å². The topological polar surface area (TPSA) is 71.1 Å². The van der Waals surface area contributed by atoms with Crippen LogP contribution in [0.15, 0.2) is 73.3 Å². The zero-order valence-corrected chi connectivity index (χ0v) is 19.0. The number of allylic oxidation sites excluding steroid dienone is 1. The number of rotatable bonds is 9. The number of ether oxygens (including phenoxy) is 4. The van der Waals surface area contributed by atoms with E-state index in [1.165, 1.54) is 0 Å². The molecule has 6 heteroatoms. The Kier molecular flexibility index (Phi) is 6.96. The lowest BCUT2D eigenvalue weighted by Crippen LogP contribution is -2.44. The van der Waals surface area contributed by atoms with Crippen LogP contribution >= 0.6 is 0 Å². The lowest BCUT2D eigenvalue weighted by atomic mass is 10.0. The molecule has 3 unspecified atom stereocenters. The van der Waals surface area contributed by atoms with Crippen molar-refractivity contribution in [3.05, 3.63) is 84.4 Å². The first-order valence-corrected chi connectivity index (χ1v) is 11.4.